The second-order valence-electron chi connectivity index (χ2n) is 5.53. The van der Waals surface area contributed by atoms with Crippen molar-refractivity contribution < 1.29 is 4.39 Å². The van der Waals surface area contributed by atoms with Gasteiger partial charge < -0.3 is 5.32 Å². The Morgan fingerprint density at radius 2 is 1.90 bits per heavy atom. The van der Waals surface area contributed by atoms with Crippen LogP contribution < -0.4 is 5.32 Å². The molecule has 1 N–H and O–H groups in total. The highest BCUT2D eigenvalue weighted by molar-refractivity contribution is 5.34. The highest BCUT2D eigenvalue weighted by atomic mass is 19.1. The third kappa shape index (κ3) is 4.92. The maximum absolute atomic E-state index is 13.2. The van der Waals surface area contributed by atoms with Gasteiger partial charge in [0.05, 0.1) is 5.56 Å². The number of hydrogen-bond acceptors (Lipinski definition) is 3. The predicted octanol–water partition coefficient (Wildman–Crippen LogP) is 2.91. The van der Waals surface area contributed by atoms with Gasteiger partial charge in [-0.2, -0.15) is 5.26 Å². The summed E-state index contributed by atoms with van der Waals surface area (Å²) in [6, 6.07) is 7.57. The van der Waals surface area contributed by atoms with Gasteiger partial charge in [0.15, 0.2) is 0 Å². The molecule has 0 saturated heterocycles. The van der Waals surface area contributed by atoms with Gasteiger partial charge in [-0.1, -0.05) is 6.07 Å². The Morgan fingerprint density at radius 1 is 1.25 bits per heavy atom. The summed E-state index contributed by atoms with van der Waals surface area (Å²) in [4.78, 5) is 2.42. The van der Waals surface area contributed by atoms with Crippen LogP contribution in [0.4, 0.5) is 4.39 Å². The fourth-order valence-electron chi connectivity index (χ4n) is 2.32. The van der Waals surface area contributed by atoms with Crippen LogP contribution in [-0.2, 0) is 6.54 Å². The lowest BCUT2D eigenvalue weighted by molar-refractivity contribution is 0.176. The molecule has 0 aliphatic heterocycles. The lowest BCUT2D eigenvalue weighted by atomic mass is 10.1. The van der Waals surface area contributed by atoms with Crippen molar-refractivity contribution >= 4 is 0 Å². The van der Waals surface area contributed by atoms with Crippen LogP contribution in [0.15, 0.2) is 18.2 Å². The third-order valence-corrected chi connectivity index (χ3v) is 3.35. The van der Waals surface area contributed by atoms with Gasteiger partial charge in [-0.15, -0.1) is 0 Å². The predicted molar refractivity (Wildman–Crippen MR) is 79.8 cm³/mol. The average molecular weight is 277 g/mol. The smallest absolute Gasteiger partial charge is 0.140 e. The van der Waals surface area contributed by atoms with E-state index in [4.69, 9.17) is 5.26 Å². The fourth-order valence-corrected chi connectivity index (χ4v) is 2.32. The average Bonchev–Trinajstić information content (AvgIpc) is 2.39. The van der Waals surface area contributed by atoms with Crippen LogP contribution in [-0.4, -0.2) is 30.1 Å². The quantitative estimate of drug-likeness (QED) is 0.779. The summed E-state index contributed by atoms with van der Waals surface area (Å²) in [5.74, 6) is -0.456. The minimum absolute atomic E-state index is 0.107. The van der Waals surface area contributed by atoms with Crippen LogP contribution in [0, 0.1) is 17.1 Å². The molecule has 0 aliphatic rings. The molecule has 0 amide bonds. The van der Waals surface area contributed by atoms with Crippen molar-refractivity contribution in [3.63, 3.8) is 0 Å². The number of nitrogens with one attached hydrogen (secondary N) is 1. The van der Waals surface area contributed by atoms with Gasteiger partial charge in [-0.05, 0) is 45.4 Å². The molecule has 4 heteroatoms. The van der Waals surface area contributed by atoms with Crippen LogP contribution in [0.5, 0.6) is 0 Å². The fraction of sp³-hybridized carbons (Fsp3) is 0.562. The van der Waals surface area contributed by atoms with Crippen molar-refractivity contribution in [1.29, 1.82) is 5.26 Å². The minimum atomic E-state index is -0.456. The molecular weight excluding hydrogens is 253 g/mol. The molecule has 0 fully saturated rings. The molecule has 1 aromatic carbocycles. The standard InChI is InChI=1S/C16H24FN3/c1-12(2)20(13(3)4)8-7-19-11-14-5-6-16(17)15(9-14)10-18/h5-6,9,12-13,19H,7-8,11H2,1-4H3. The first-order chi connectivity index (χ1) is 9.45. The van der Waals surface area contributed by atoms with Gasteiger partial charge in [-0.25, -0.2) is 4.39 Å². The Kier molecular flexibility index (Phi) is 6.63. The summed E-state index contributed by atoms with van der Waals surface area (Å²) in [6.07, 6.45) is 0. The van der Waals surface area contributed by atoms with Gasteiger partial charge in [-0.3, -0.25) is 4.90 Å². The van der Waals surface area contributed by atoms with Crippen molar-refractivity contribution in [3.8, 4) is 6.07 Å². The molecule has 0 radical (unpaired) electrons. The minimum Gasteiger partial charge on any atom is -0.311 e. The van der Waals surface area contributed by atoms with Gasteiger partial charge in [0, 0.05) is 31.7 Å². The molecule has 110 valence electrons. The first-order valence-electron chi connectivity index (χ1n) is 7.10. The maximum Gasteiger partial charge on any atom is 0.140 e. The molecule has 0 saturated carbocycles. The summed E-state index contributed by atoms with van der Waals surface area (Å²) in [6.45, 7) is 11.3. The van der Waals surface area contributed by atoms with E-state index in [1.165, 1.54) is 6.07 Å². The van der Waals surface area contributed by atoms with E-state index in [0.717, 1.165) is 18.7 Å². The van der Waals surface area contributed by atoms with E-state index >= 15 is 0 Å². The first kappa shape index (κ1) is 16.6. The van der Waals surface area contributed by atoms with Crippen molar-refractivity contribution in [2.24, 2.45) is 0 Å². The Morgan fingerprint density at radius 3 is 2.45 bits per heavy atom. The van der Waals surface area contributed by atoms with E-state index in [1.807, 2.05) is 6.07 Å². The van der Waals surface area contributed by atoms with E-state index in [9.17, 15) is 4.39 Å². The summed E-state index contributed by atoms with van der Waals surface area (Å²) in [5, 5.41) is 12.1. The van der Waals surface area contributed by atoms with E-state index < -0.39 is 5.82 Å². The van der Waals surface area contributed by atoms with Gasteiger partial charge >= 0.3 is 0 Å². The van der Waals surface area contributed by atoms with Gasteiger partial charge in [0.2, 0.25) is 0 Å². The number of halogens is 1. The molecule has 1 rings (SSSR count). The van der Waals surface area contributed by atoms with Crippen molar-refractivity contribution in [3.05, 3.63) is 35.1 Å². The molecule has 0 atom stereocenters. The van der Waals surface area contributed by atoms with Crippen molar-refractivity contribution in [2.75, 3.05) is 13.1 Å². The van der Waals surface area contributed by atoms with Crippen LogP contribution >= 0.6 is 0 Å². The molecule has 0 aliphatic carbocycles. The van der Waals surface area contributed by atoms with Crippen molar-refractivity contribution in [1.82, 2.24) is 10.2 Å². The van der Waals surface area contributed by atoms with Crippen LogP contribution in [0.25, 0.3) is 0 Å². The van der Waals surface area contributed by atoms with Gasteiger partial charge in [0.1, 0.15) is 11.9 Å². The molecule has 1 aromatic rings. The Hall–Kier alpha value is -1.44. The van der Waals surface area contributed by atoms with E-state index in [0.29, 0.717) is 18.6 Å². The summed E-state index contributed by atoms with van der Waals surface area (Å²) >= 11 is 0. The number of rotatable bonds is 7. The molecule has 0 spiro atoms. The Bertz CT molecular complexity index is 455. The molecule has 0 unspecified atom stereocenters. The zero-order valence-electron chi connectivity index (χ0n) is 12.8. The lowest BCUT2D eigenvalue weighted by Crippen LogP contribution is -2.41. The Balaban J connectivity index is 2.43. The third-order valence-electron chi connectivity index (χ3n) is 3.35. The second-order valence-corrected chi connectivity index (χ2v) is 5.53. The van der Waals surface area contributed by atoms with Crippen LogP contribution in [0.1, 0.15) is 38.8 Å². The van der Waals surface area contributed by atoms with Crippen LogP contribution in [0.2, 0.25) is 0 Å². The van der Waals surface area contributed by atoms with Crippen molar-refractivity contribution in [2.45, 2.75) is 46.3 Å². The normalized spacial score (nSPS) is 11.3. The molecule has 0 bridgehead atoms. The number of nitriles is 1. The Labute approximate surface area is 121 Å². The number of nitrogens with zero attached hydrogens (tertiary/aromatic N) is 2. The largest absolute Gasteiger partial charge is 0.311 e. The summed E-state index contributed by atoms with van der Waals surface area (Å²) in [5.41, 5.74) is 1.04. The summed E-state index contributed by atoms with van der Waals surface area (Å²) in [7, 11) is 0. The van der Waals surface area contributed by atoms with Crippen LogP contribution in [0.3, 0.4) is 0 Å². The summed E-state index contributed by atoms with van der Waals surface area (Å²) < 4.78 is 13.2. The van der Waals surface area contributed by atoms with E-state index in [1.54, 1.807) is 12.1 Å². The SMILES string of the molecule is CC(C)N(CCNCc1ccc(F)c(C#N)c1)C(C)C. The maximum atomic E-state index is 13.2. The second kappa shape index (κ2) is 7.98. The highest BCUT2D eigenvalue weighted by Crippen LogP contribution is 2.09. The molecule has 20 heavy (non-hydrogen) atoms. The highest BCUT2D eigenvalue weighted by Gasteiger charge is 2.12. The molecule has 0 heterocycles. The topological polar surface area (TPSA) is 39.1 Å². The van der Waals surface area contributed by atoms with Gasteiger partial charge in [0.25, 0.3) is 0 Å². The zero-order chi connectivity index (χ0) is 15.1. The molecular formula is C16H24FN3. The monoisotopic (exact) mass is 277 g/mol. The number of hydrogen-bond donors (Lipinski definition) is 1. The zero-order valence-corrected chi connectivity index (χ0v) is 12.8. The number of benzene rings is 1. The molecule has 3 nitrogen and oxygen atoms in total. The molecule has 0 aromatic heterocycles. The van der Waals surface area contributed by atoms with E-state index in [-0.39, 0.29) is 5.56 Å². The first-order valence-corrected chi connectivity index (χ1v) is 7.10. The van der Waals surface area contributed by atoms with E-state index in [2.05, 4.69) is 37.9 Å². The lowest BCUT2D eigenvalue weighted by Gasteiger charge is -2.30.